The van der Waals surface area contributed by atoms with Crippen LogP contribution in [0.25, 0.3) is 0 Å². The van der Waals surface area contributed by atoms with Gasteiger partial charge in [-0.2, -0.15) is 0 Å². The van der Waals surface area contributed by atoms with Crippen LogP contribution in [0.15, 0.2) is 12.2 Å². The lowest BCUT2D eigenvalue weighted by Crippen LogP contribution is -2.05. The second kappa shape index (κ2) is 2.41. The molecule has 0 amide bonds. The van der Waals surface area contributed by atoms with E-state index < -0.39 is 0 Å². The summed E-state index contributed by atoms with van der Waals surface area (Å²) in [6.45, 7) is 2.39. The topological polar surface area (TPSA) is 0 Å². The molecule has 0 bridgehead atoms. The van der Waals surface area contributed by atoms with Gasteiger partial charge in [-0.25, -0.2) is 0 Å². The molecule has 0 aromatic rings. The van der Waals surface area contributed by atoms with E-state index in [9.17, 15) is 0 Å². The van der Waals surface area contributed by atoms with Crippen LogP contribution in [0.5, 0.6) is 0 Å². The first kappa shape index (κ1) is 6.45. The minimum absolute atomic E-state index is 1.05. The summed E-state index contributed by atoms with van der Waals surface area (Å²) in [6.07, 6.45) is 10.4. The van der Waals surface area contributed by atoms with Crippen molar-refractivity contribution in [2.24, 2.45) is 17.8 Å². The standard InChI is InChI=1S/C10H16/c1-8-7-10(8)9-5-3-2-4-6-9/h2-3,8-10H,4-7H2,1H3. The van der Waals surface area contributed by atoms with Gasteiger partial charge in [-0.15, -0.1) is 0 Å². The highest BCUT2D eigenvalue weighted by molar-refractivity contribution is 4.97. The molecule has 2 aliphatic rings. The van der Waals surface area contributed by atoms with Gasteiger partial charge in [-0.3, -0.25) is 0 Å². The Labute approximate surface area is 63.3 Å². The van der Waals surface area contributed by atoms with Crippen LogP contribution in [-0.4, -0.2) is 0 Å². The zero-order valence-electron chi connectivity index (χ0n) is 6.72. The van der Waals surface area contributed by atoms with Crippen LogP contribution < -0.4 is 0 Å². The second-order valence-electron chi connectivity index (χ2n) is 3.92. The lowest BCUT2D eigenvalue weighted by Gasteiger charge is -2.16. The summed E-state index contributed by atoms with van der Waals surface area (Å²) in [6, 6.07) is 0. The molecule has 0 aliphatic heterocycles. The quantitative estimate of drug-likeness (QED) is 0.486. The third-order valence-corrected chi connectivity index (χ3v) is 3.09. The van der Waals surface area contributed by atoms with E-state index in [1.165, 1.54) is 25.7 Å². The van der Waals surface area contributed by atoms with Crippen LogP contribution in [-0.2, 0) is 0 Å². The summed E-state index contributed by atoms with van der Waals surface area (Å²) in [5.74, 6) is 3.21. The van der Waals surface area contributed by atoms with Crippen LogP contribution in [0.2, 0.25) is 0 Å². The summed E-state index contributed by atoms with van der Waals surface area (Å²) in [5.41, 5.74) is 0. The molecule has 0 nitrogen and oxygen atoms in total. The van der Waals surface area contributed by atoms with E-state index in [1.807, 2.05) is 0 Å². The highest BCUT2D eigenvalue weighted by Crippen LogP contribution is 2.47. The van der Waals surface area contributed by atoms with Crippen LogP contribution in [0.1, 0.15) is 32.6 Å². The maximum Gasteiger partial charge on any atom is -0.0319 e. The van der Waals surface area contributed by atoms with E-state index in [0.29, 0.717) is 0 Å². The smallest absolute Gasteiger partial charge is 0.0319 e. The first-order valence-corrected chi connectivity index (χ1v) is 4.53. The molecule has 56 valence electrons. The molecule has 2 aliphatic carbocycles. The Kier molecular flexibility index (Phi) is 1.55. The van der Waals surface area contributed by atoms with Crippen molar-refractivity contribution in [3.8, 4) is 0 Å². The molecule has 1 saturated carbocycles. The summed E-state index contributed by atoms with van der Waals surface area (Å²) in [7, 11) is 0. The van der Waals surface area contributed by atoms with Crippen LogP contribution in [0.3, 0.4) is 0 Å². The van der Waals surface area contributed by atoms with Gasteiger partial charge in [0.15, 0.2) is 0 Å². The summed E-state index contributed by atoms with van der Waals surface area (Å²) < 4.78 is 0. The minimum Gasteiger partial charge on any atom is -0.0885 e. The lowest BCUT2D eigenvalue weighted by molar-refractivity contribution is 0.406. The summed E-state index contributed by atoms with van der Waals surface area (Å²) >= 11 is 0. The van der Waals surface area contributed by atoms with Crippen LogP contribution >= 0.6 is 0 Å². The van der Waals surface area contributed by atoms with Gasteiger partial charge in [0.05, 0.1) is 0 Å². The molecule has 0 heteroatoms. The van der Waals surface area contributed by atoms with Gasteiger partial charge < -0.3 is 0 Å². The fourth-order valence-electron chi connectivity index (χ4n) is 2.21. The maximum atomic E-state index is 2.39. The van der Waals surface area contributed by atoms with Crippen molar-refractivity contribution < 1.29 is 0 Å². The third-order valence-electron chi connectivity index (χ3n) is 3.09. The molecular formula is C10H16. The predicted molar refractivity (Wildman–Crippen MR) is 43.8 cm³/mol. The highest BCUT2D eigenvalue weighted by atomic mass is 14.4. The van der Waals surface area contributed by atoms with Gasteiger partial charge in [0.25, 0.3) is 0 Å². The Morgan fingerprint density at radius 2 is 2.10 bits per heavy atom. The van der Waals surface area contributed by atoms with Gasteiger partial charge in [-0.05, 0) is 43.4 Å². The Morgan fingerprint density at radius 1 is 1.30 bits per heavy atom. The van der Waals surface area contributed by atoms with Crippen molar-refractivity contribution in [2.45, 2.75) is 32.6 Å². The Bertz CT molecular complexity index is 146. The normalized spacial score (nSPS) is 45.5. The molecule has 3 unspecified atom stereocenters. The Hall–Kier alpha value is -0.260. The molecule has 0 saturated heterocycles. The second-order valence-corrected chi connectivity index (χ2v) is 3.92. The number of allylic oxidation sites excluding steroid dienone is 2. The molecule has 1 fully saturated rings. The van der Waals surface area contributed by atoms with Crippen molar-refractivity contribution in [3.05, 3.63) is 12.2 Å². The summed E-state index contributed by atoms with van der Waals surface area (Å²) in [5, 5.41) is 0. The first-order chi connectivity index (χ1) is 4.88. The number of rotatable bonds is 1. The molecule has 3 atom stereocenters. The fraction of sp³-hybridized carbons (Fsp3) is 0.800. The van der Waals surface area contributed by atoms with E-state index in [0.717, 1.165) is 17.8 Å². The minimum atomic E-state index is 1.05. The molecule has 0 spiro atoms. The zero-order valence-corrected chi connectivity index (χ0v) is 6.72. The van der Waals surface area contributed by atoms with E-state index >= 15 is 0 Å². The average molecular weight is 136 g/mol. The zero-order chi connectivity index (χ0) is 6.97. The molecule has 0 N–H and O–H groups in total. The van der Waals surface area contributed by atoms with Gasteiger partial charge in [0, 0.05) is 0 Å². The first-order valence-electron chi connectivity index (χ1n) is 4.53. The van der Waals surface area contributed by atoms with Crippen molar-refractivity contribution in [3.63, 3.8) is 0 Å². The van der Waals surface area contributed by atoms with Crippen molar-refractivity contribution >= 4 is 0 Å². The van der Waals surface area contributed by atoms with Gasteiger partial charge in [0.2, 0.25) is 0 Å². The SMILES string of the molecule is CC1CC1C1CC=CCC1. The van der Waals surface area contributed by atoms with E-state index in [4.69, 9.17) is 0 Å². The van der Waals surface area contributed by atoms with Crippen molar-refractivity contribution in [1.29, 1.82) is 0 Å². The molecular weight excluding hydrogens is 120 g/mol. The van der Waals surface area contributed by atoms with Gasteiger partial charge >= 0.3 is 0 Å². The van der Waals surface area contributed by atoms with Crippen molar-refractivity contribution in [2.75, 3.05) is 0 Å². The van der Waals surface area contributed by atoms with Gasteiger partial charge in [0.1, 0.15) is 0 Å². The van der Waals surface area contributed by atoms with Gasteiger partial charge in [-0.1, -0.05) is 19.1 Å². The average Bonchev–Trinajstić information content (AvgIpc) is 2.69. The predicted octanol–water partition coefficient (Wildman–Crippen LogP) is 3.00. The maximum absolute atomic E-state index is 2.39. The molecule has 0 aromatic heterocycles. The number of hydrogen-bond donors (Lipinski definition) is 0. The Morgan fingerprint density at radius 3 is 2.60 bits per heavy atom. The van der Waals surface area contributed by atoms with Crippen LogP contribution in [0, 0.1) is 17.8 Å². The molecule has 10 heavy (non-hydrogen) atoms. The Balaban J connectivity index is 1.88. The highest BCUT2D eigenvalue weighted by Gasteiger charge is 2.38. The lowest BCUT2D eigenvalue weighted by atomic mass is 9.89. The molecule has 0 heterocycles. The van der Waals surface area contributed by atoms with E-state index in [1.54, 1.807) is 0 Å². The molecule has 2 rings (SSSR count). The third kappa shape index (κ3) is 1.12. The largest absolute Gasteiger partial charge is 0.0885 e. The van der Waals surface area contributed by atoms with Crippen molar-refractivity contribution in [1.82, 2.24) is 0 Å². The molecule has 0 radical (unpaired) electrons. The van der Waals surface area contributed by atoms with E-state index in [2.05, 4.69) is 19.1 Å². The number of hydrogen-bond acceptors (Lipinski definition) is 0. The van der Waals surface area contributed by atoms with E-state index in [-0.39, 0.29) is 0 Å². The molecule has 0 aromatic carbocycles. The summed E-state index contributed by atoms with van der Waals surface area (Å²) in [4.78, 5) is 0. The monoisotopic (exact) mass is 136 g/mol. The van der Waals surface area contributed by atoms with Crippen LogP contribution in [0.4, 0.5) is 0 Å². The fourth-order valence-corrected chi connectivity index (χ4v) is 2.21.